The monoisotopic (exact) mass is 445 g/mol. The molecule has 1 saturated heterocycles. The molecule has 0 unspecified atom stereocenters. The van der Waals surface area contributed by atoms with Crippen molar-refractivity contribution in [2.24, 2.45) is 0 Å². The van der Waals surface area contributed by atoms with Gasteiger partial charge in [-0.3, -0.25) is 0 Å². The molecule has 3 rings (SSSR count). The minimum Gasteiger partial charge on any atom is -0.406 e. The number of anilines is 2. The second kappa shape index (κ2) is 9.04. The van der Waals surface area contributed by atoms with Crippen LogP contribution in [0.1, 0.15) is 18.7 Å². The van der Waals surface area contributed by atoms with Crippen molar-refractivity contribution in [1.82, 2.24) is 14.7 Å². The number of aromatic nitrogens is 2. The summed E-state index contributed by atoms with van der Waals surface area (Å²) in [4.78, 5) is 10.8. The fourth-order valence-electron chi connectivity index (χ4n) is 3.03. The van der Waals surface area contributed by atoms with E-state index in [1.165, 1.54) is 0 Å². The predicted molar refractivity (Wildman–Crippen MR) is 105 cm³/mol. The van der Waals surface area contributed by atoms with Crippen LogP contribution in [-0.2, 0) is 10.0 Å². The van der Waals surface area contributed by atoms with Gasteiger partial charge in [0, 0.05) is 32.2 Å². The van der Waals surface area contributed by atoms with Gasteiger partial charge in [-0.2, -0.15) is 0 Å². The number of rotatable bonds is 8. The van der Waals surface area contributed by atoms with E-state index in [1.54, 1.807) is 6.92 Å². The van der Waals surface area contributed by atoms with Gasteiger partial charge in [-0.1, -0.05) is 0 Å². The van der Waals surface area contributed by atoms with E-state index < -0.39 is 22.1 Å². The molecule has 30 heavy (non-hydrogen) atoms. The number of alkyl halides is 3. The average molecular weight is 445 g/mol. The molecule has 2 heterocycles. The number of hydrogen-bond acceptors (Lipinski definition) is 7. The summed E-state index contributed by atoms with van der Waals surface area (Å²) in [5.41, 5.74) is 0. The SMILES string of the molecule is Cc1nc(NCCNS(=O)(=O)c2ccc(OC(F)(F)F)cc2)cc(N2CCCC2)n1. The van der Waals surface area contributed by atoms with Crippen molar-refractivity contribution < 1.29 is 26.3 Å². The Balaban J connectivity index is 1.53. The first-order valence-electron chi connectivity index (χ1n) is 9.32. The van der Waals surface area contributed by atoms with Gasteiger partial charge in [0.25, 0.3) is 0 Å². The van der Waals surface area contributed by atoms with Crippen LogP contribution in [-0.4, -0.2) is 50.9 Å². The fraction of sp³-hybridized carbons (Fsp3) is 0.444. The number of halogens is 3. The normalized spacial score (nSPS) is 14.7. The average Bonchev–Trinajstić information content (AvgIpc) is 3.19. The van der Waals surface area contributed by atoms with E-state index in [2.05, 4.69) is 29.6 Å². The molecule has 1 aliphatic rings. The van der Waals surface area contributed by atoms with Gasteiger partial charge in [-0.15, -0.1) is 13.2 Å². The fourth-order valence-corrected chi connectivity index (χ4v) is 4.06. The van der Waals surface area contributed by atoms with E-state index in [4.69, 9.17) is 0 Å². The molecule has 0 amide bonds. The number of benzene rings is 1. The molecule has 0 atom stereocenters. The van der Waals surface area contributed by atoms with E-state index in [9.17, 15) is 21.6 Å². The smallest absolute Gasteiger partial charge is 0.406 e. The van der Waals surface area contributed by atoms with Crippen LogP contribution in [0, 0.1) is 6.92 Å². The lowest BCUT2D eigenvalue weighted by molar-refractivity contribution is -0.274. The summed E-state index contributed by atoms with van der Waals surface area (Å²) in [6.07, 6.45) is -2.59. The minimum atomic E-state index is -4.84. The summed E-state index contributed by atoms with van der Waals surface area (Å²) in [6, 6.07) is 5.82. The van der Waals surface area contributed by atoms with Crippen LogP contribution < -0.4 is 19.7 Å². The van der Waals surface area contributed by atoms with Gasteiger partial charge in [-0.25, -0.2) is 23.1 Å². The highest BCUT2D eigenvalue weighted by molar-refractivity contribution is 7.89. The predicted octanol–water partition coefficient (Wildman–Crippen LogP) is 2.67. The Bertz CT molecular complexity index is 962. The van der Waals surface area contributed by atoms with Crippen LogP contribution in [0.2, 0.25) is 0 Å². The molecular formula is C18H22F3N5O3S. The van der Waals surface area contributed by atoms with Crippen LogP contribution in [0.3, 0.4) is 0 Å². The molecule has 8 nitrogen and oxygen atoms in total. The molecule has 1 aromatic heterocycles. The van der Waals surface area contributed by atoms with Gasteiger partial charge in [0.05, 0.1) is 4.90 Å². The molecule has 0 bridgehead atoms. The van der Waals surface area contributed by atoms with E-state index in [-0.39, 0.29) is 18.0 Å². The number of ether oxygens (including phenoxy) is 1. The third-order valence-corrected chi connectivity index (χ3v) is 5.82. The van der Waals surface area contributed by atoms with Crippen LogP contribution in [0.5, 0.6) is 5.75 Å². The van der Waals surface area contributed by atoms with Crippen LogP contribution in [0.4, 0.5) is 24.8 Å². The first kappa shape index (κ1) is 22.1. The number of nitrogens with one attached hydrogen (secondary N) is 2. The third kappa shape index (κ3) is 6.20. The second-order valence-corrected chi connectivity index (χ2v) is 8.46. The van der Waals surface area contributed by atoms with Crippen molar-refractivity contribution in [3.8, 4) is 5.75 Å². The number of aryl methyl sites for hydroxylation is 1. The Labute approximate surface area is 172 Å². The Kier molecular flexibility index (Phi) is 6.66. The summed E-state index contributed by atoms with van der Waals surface area (Å²) in [5, 5.41) is 3.06. The molecule has 0 radical (unpaired) electrons. The summed E-state index contributed by atoms with van der Waals surface area (Å²) < 4.78 is 67.3. The van der Waals surface area contributed by atoms with Gasteiger partial charge >= 0.3 is 6.36 Å². The number of hydrogen-bond donors (Lipinski definition) is 2. The first-order valence-corrected chi connectivity index (χ1v) is 10.8. The maximum atomic E-state index is 12.3. The minimum absolute atomic E-state index is 0.0607. The van der Waals surface area contributed by atoms with Crippen LogP contribution >= 0.6 is 0 Å². The van der Waals surface area contributed by atoms with Crippen molar-refractivity contribution in [2.75, 3.05) is 36.4 Å². The standard InChI is InChI=1S/C18H22F3N5O3S/c1-13-24-16(12-17(25-13)26-10-2-3-11-26)22-8-9-23-30(27,28)15-6-4-14(5-7-15)29-18(19,20)21/h4-7,12,23H,2-3,8-11H2,1H3,(H,22,24,25). The highest BCUT2D eigenvalue weighted by Gasteiger charge is 2.31. The van der Waals surface area contributed by atoms with E-state index in [0.29, 0.717) is 11.6 Å². The zero-order chi connectivity index (χ0) is 21.8. The summed E-state index contributed by atoms with van der Waals surface area (Å²) >= 11 is 0. The molecule has 1 aromatic carbocycles. The maximum Gasteiger partial charge on any atom is 0.573 e. The van der Waals surface area contributed by atoms with E-state index >= 15 is 0 Å². The Morgan fingerprint density at radius 2 is 1.77 bits per heavy atom. The van der Waals surface area contributed by atoms with Crippen LogP contribution in [0.15, 0.2) is 35.2 Å². The quantitative estimate of drug-likeness (QED) is 0.603. The molecule has 12 heteroatoms. The van der Waals surface area contributed by atoms with Crippen molar-refractivity contribution in [3.05, 3.63) is 36.2 Å². The van der Waals surface area contributed by atoms with Gasteiger partial charge in [-0.05, 0) is 44.0 Å². The zero-order valence-corrected chi connectivity index (χ0v) is 17.1. The topological polar surface area (TPSA) is 96.5 Å². The Hall–Kier alpha value is -2.60. The zero-order valence-electron chi connectivity index (χ0n) is 16.2. The molecular weight excluding hydrogens is 423 g/mol. The largest absolute Gasteiger partial charge is 0.573 e. The first-order chi connectivity index (χ1) is 14.1. The molecule has 0 aliphatic carbocycles. The highest BCUT2D eigenvalue weighted by Crippen LogP contribution is 2.24. The molecule has 164 valence electrons. The summed E-state index contributed by atoms with van der Waals surface area (Å²) in [5.74, 6) is 1.56. The second-order valence-electron chi connectivity index (χ2n) is 6.70. The Morgan fingerprint density at radius 1 is 1.10 bits per heavy atom. The molecule has 1 fully saturated rings. The van der Waals surface area contributed by atoms with Gasteiger partial charge in [0.2, 0.25) is 10.0 Å². The van der Waals surface area contributed by atoms with E-state index in [1.807, 2.05) is 6.07 Å². The molecule has 1 aliphatic heterocycles. The maximum absolute atomic E-state index is 12.3. The van der Waals surface area contributed by atoms with Crippen molar-refractivity contribution in [2.45, 2.75) is 31.0 Å². The van der Waals surface area contributed by atoms with Crippen LogP contribution in [0.25, 0.3) is 0 Å². The summed E-state index contributed by atoms with van der Waals surface area (Å²) in [7, 11) is -3.87. The lowest BCUT2D eigenvalue weighted by Crippen LogP contribution is -2.29. The summed E-state index contributed by atoms with van der Waals surface area (Å²) in [6.45, 7) is 4.01. The lowest BCUT2D eigenvalue weighted by Gasteiger charge is -2.17. The molecule has 0 spiro atoms. The number of nitrogens with zero attached hydrogens (tertiary/aromatic N) is 3. The lowest BCUT2D eigenvalue weighted by atomic mass is 10.3. The van der Waals surface area contributed by atoms with Gasteiger partial charge in [0.15, 0.2) is 0 Å². The third-order valence-electron chi connectivity index (χ3n) is 4.35. The van der Waals surface area contributed by atoms with E-state index in [0.717, 1.165) is 56.0 Å². The van der Waals surface area contributed by atoms with Gasteiger partial charge < -0.3 is 15.0 Å². The molecule has 2 aromatic rings. The molecule has 2 N–H and O–H groups in total. The van der Waals surface area contributed by atoms with Crippen molar-refractivity contribution in [1.29, 1.82) is 0 Å². The highest BCUT2D eigenvalue weighted by atomic mass is 32.2. The number of sulfonamides is 1. The van der Waals surface area contributed by atoms with Crippen molar-refractivity contribution in [3.63, 3.8) is 0 Å². The van der Waals surface area contributed by atoms with Gasteiger partial charge in [0.1, 0.15) is 23.2 Å². The van der Waals surface area contributed by atoms with Crippen molar-refractivity contribution >= 4 is 21.7 Å². The molecule has 0 saturated carbocycles. The Morgan fingerprint density at radius 3 is 2.40 bits per heavy atom.